The van der Waals surface area contributed by atoms with Crippen molar-refractivity contribution in [2.75, 3.05) is 5.33 Å². The first kappa shape index (κ1) is 12.6. The maximum atomic E-state index is 11.6. The van der Waals surface area contributed by atoms with Gasteiger partial charge in [-0.1, -0.05) is 39.7 Å². The Kier molecular flexibility index (Phi) is 3.84. The molecule has 0 aromatic heterocycles. The fraction of sp³-hybridized carbons (Fsp3) is 0.333. The van der Waals surface area contributed by atoms with Crippen molar-refractivity contribution < 1.29 is 9.59 Å². The minimum Gasteiger partial charge on any atom is -0.296 e. The van der Waals surface area contributed by atoms with Crippen molar-refractivity contribution in [3.8, 4) is 0 Å². The first-order chi connectivity index (χ1) is 8.11. The average Bonchev–Trinajstić information content (AvgIpc) is 2.62. The zero-order valence-electron chi connectivity index (χ0n) is 8.95. The van der Waals surface area contributed by atoms with Crippen LogP contribution in [0.4, 0.5) is 0 Å². The van der Waals surface area contributed by atoms with E-state index in [-0.39, 0.29) is 30.1 Å². The first-order valence-corrected chi connectivity index (χ1v) is 6.77. The van der Waals surface area contributed by atoms with Crippen LogP contribution in [0.2, 0.25) is 5.02 Å². The predicted octanol–water partition coefficient (Wildman–Crippen LogP) is 2.48. The van der Waals surface area contributed by atoms with Crippen LogP contribution in [-0.4, -0.2) is 17.1 Å². The van der Waals surface area contributed by atoms with Crippen LogP contribution < -0.4 is 5.32 Å². The number of carbonyl (C=O) groups excluding carboxylic acids is 2. The molecule has 1 aliphatic rings. The van der Waals surface area contributed by atoms with Crippen molar-refractivity contribution in [1.82, 2.24) is 5.32 Å². The highest BCUT2D eigenvalue weighted by molar-refractivity contribution is 9.09. The number of hydrogen-bond donors (Lipinski definition) is 1. The van der Waals surface area contributed by atoms with Gasteiger partial charge in [-0.3, -0.25) is 14.9 Å². The van der Waals surface area contributed by atoms with Gasteiger partial charge in [-0.2, -0.15) is 0 Å². The molecule has 0 radical (unpaired) electrons. The SMILES string of the molecule is O=C1CC(C(CBr)c2ccc(Cl)cc2)C(=O)N1. The molecule has 1 aromatic rings. The Morgan fingerprint density at radius 3 is 2.47 bits per heavy atom. The lowest BCUT2D eigenvalue weighted by atomic mass is 9.86. The normalized spacial score (nSPS) is 21.4. The Morgan fingerprint density at radius 1 is 1.35 bits per heavy atom. The molecular formula is C12H11BrClNO2. The van der Waals surface area contributed by atoms with Gasteiger partial charge in [-0.25, -0.2) is 0 Å². The highest BCUT2D eigenvalue weighted by Gasteiger charge is 2.36. The lowest BCUT2D eigenvalue weighted by Crippen LogP contribution is -2.25. The summed E-state index contributed by atoms with van der Waals surface area (Å²) in [6.45, 7) is 0. The van der Waals surface area contributed by atoms with E-state index in [1.165, 1.54) is 0 Å². The summed E-state index contributed by atoms with van der Waals surface area (Å²) in [6.07, 6.45) is 0.262. The number of halogens is 2. The molecule has 3 nitrogen and oxygen atoms in total. The van der Waals surface area contributed by atoms with E-state index in [0.717, 1.165) is 5.56 Å². The van der Waals surface area contributed by atoms with E-state index in [1.54, 1.807) is 12.1 Å². The minimum absolute atomic E-state index is 0.00119. The quantitative estimate of drug-likeness (QED) is 0.688. The van der Waals surface area contributed by atoms with Crippen molar-refractivity contribution >= 4 is 39.3 Å². The van der Waals surface area contributed by atoms with Crippen LogP contribution >= 0.6 is 27.5 Å². The van der Waals surface area contributed by atoms with Crippen LogP contribution in [0, 0.1) is 5.92 Å². The Balaban J connectivity index is 2.24. The van der Waals surface area contributed by atoms with Crippen LogP contribution in [0.5, 0.6) is 0 Å². The number of nitrogens with one attached hydrogen (secondary N) is 1. The van der Waals surface area contributed by atoms with Gasteiger partial charge >= 0.3 is 0 Å². The lowest BCUT2D eigenvalue weighted by molar-refractivity contribution is -0.125. The largest absolute Gasteiger partial charge is 0.296 e. The fourth-order valence-electron chi connectivity index (χ4n) is 2.04. The molecule has 0 aliphatic carbocycles. The number of hydrogen-bond acceptors (Lipinski definition) is 2. The summed E-state index contributed by atoms with van der Waals surface area (Å²) in [7, 11) is 0. The highest BCUT2D eigenvalue weighted by atomic mass is 79.9. The van der Waals surface area contributed by atoms with E-state index in [1.807, 2.05) is 12.1 Å². The number of carbonyl (C=O) groups is 2. The number of alkyl halides is 1. The van der Waals surface area contributed by atoms with Crippen molar-refractivity contribution in [3.05, 3.63) is 34.9 Å². The molecule has 1 N–H and O–H groups in total. The van der Waals surface area contributed by atoms with Crippen LogP contribution in [0.3, 0.4) is 0 Å². The van der Waals surface area contributed by atoms with E-state index in [4.69, 9.17) is 11.6 Å². The number of amides is 2. The predicted molar refractivity (Wildman–Crippen MR) is 69.2 cm³/mol. The molecule has 1 aliphatic heterocycles. The van der Waals surface area contributed by atoms with Crippen LogP contribution in [0.25, 0.3) is 0 Å². The van der Waals surface area contributed by atoms with Crippen LogP contribution in [0.1, 0.15) is 17.9 Å². The summed E-state index contributed by atoms with van der Waals surface area (Å²) < 4.78 is 0. The smallest absolute Gasteiger partial charge is 0.230 e. The Morgan fingerprint density at radius 2 is 2.00 bits per heavy atom. The highest BCUT2D eigenvalue weighted by Crippen LogP contribution is 2.32. The zero-order valence-corrected chi connectivity index (χ0v) is 11.3. The van der Waals surface area contributed by atoms with Crippen molar-refractivity contribution in [1.29, 1.82) is 0 Å². The van der Waals surface area contributed by atoms with Crippen molar-refractivity contribution in [2.24, 2.45) is 5.92 Å². The topological polar surface area (TPSA) is 46.2 Å². The van der Waals surface area contributed by atoms with Gasteiger partial charge in [0.15, 0.2) is 0 Å². The summed E-state index contributed by atoms with van der Waals surface area (Å²) >= 11 is 9.23. The molecule has 0 spiro atoms. The summed E-state index contributed by atoms with van der Waals surface area (Å²) in [5.41, 5.74) is 1.01. The molecule has 2 amide bonds. The Labute approximate surface area is 113 Å². The maximum Gasteiger partial charge on any atom is 0.230 e. The van der Waals surface area contributed by atoms with E-state index in [0.29, 0.717) is 10.4 Å². The molecule has 2 rings (SSSR count). The Hall–Kier alpha value is -0.870. The molecule has 0 saturated carbocycles. The third-order valence-corrected chi connectivity index (χ3v) is 3.90. The number of imide groups is 1. The van der Waals surface area contributed by atoms with E-state index in [2.05, 4.69) is 21.2 Å². The molecule has 1 aromatic carbocycles. The van der Waals surface area contributed by atoms with E-state index in [9.17, 15) is 9.59 Å². The second-order valence-corrected chi connectivity index (χ2v) is 5.12. The summed E-state index contributed by atoms with van der Waals surface area (Å²) in [4.78, 5) is 22.8. The third-order valence-electron chi connectivity index (χ3n) is 2.95. The molecule has 90 valence electrons. The summed E-state index contributed by atoms with van der Waals surface area (Å²) in [5, 5.41) is 3.64. The van der Waals surface area contributed by atoms with Gasteiger partial charge in [0.1, 0.15) is 0 Å². The summed E-state index contributed by atoms with van der Waals surface area (Å²) in [6, 6.07) is 7.37. The van der Waals surface area contributed by atoms with Gasteiger partial charge in [-0.05, 0) is 17.7 Å². The zero-order chi connectivity index (χ0) is 12.4. The molecule has 1 saturated heterocycles. The molecule has 2 atom stereocenters. The van der Waals surface area contributed by atoms with Gasteiger partial charge in [0, 0.05) is 22.7 Å². The van der Waals surface area contributed by atoms with E-state index < -0.39 is 0 Å². The number of rotatable bonds is 3. The summed E-state index contributed by atoms with van der Waals surface area (Å²) in [5.74, 6) is -0.670. The van der Waals surface area contributed by atoms with Gasteiger partial charge in [-0.15, -0.1) is 0 Å². The van der Waals surface area contributed by atoms with Gasteiger partial charge < -0.3 is 0 Å². The molecule has 0 bridgehead atoms. The third kappa shape index (κ3) is 2.69. The van der Waals surface area contributed by atoms with E-state index >= 15 is 0 Å². The Bertz CT molecular complexity index is 446. The van der Waals surface area contributed by atoms with Gasteiger partial charge in [0.2, 0.25) is 11.8 Å². The molecule has 2 unspecified atom stereocenters. The van der Waals surface area contributed by atoms with Gasteiger partial charge in [0.05, 0.1) is 5.92 Å². The van der Waals surface area contributed by atoms with Gasteiger partial charge in [0.25, 0.3) is 0 Å². The second kappa shape index (κ2) is 5.19. The van der Waals surface area contributed by atoms with Crippen LogP contribution in [-0.2, 0) is 9.59 Å². The van der Waals surface area contributed by atoms with Crippen molar-refractivity contribution in [3.63, 3.8) is 0 Å². The lowest BCUT2D eigenvalue weighted by Gasteiger charge is -2.19. The molecule has 17 heavy (non-hydrogen) atoms. The van der Waals surface area contributed by atoms with Crippen molar-refractivity contribution in [2.45, 2.75) is 12.3 Å². The maximum absolute atomic E-state index is 11.6. The molecule has 5 heteroatoms. The average molecular weight is 317 g/mol. The standard InChI is InChI=1S/C12H11BrClNO2/c13-6-10(7-1-3-8(14)4-2-7)9-5-11(16)15-12(9)17/h1-4,9-10H,5-6H2,(H,15,16,17). The number of benzene rings is 1. The molecule has 1 fully saturated rings. The van der Waals surface area contributed by atoms with Crippen LogP contribution in [0.15, 0.2) is 24.3 Å². The monoisotopic (exact) mass is 315 g/mol. The fourth-order valence-corrected chi connectivity index (χ4v) is 2.99. The first-order valence-electron chi connectivity index (χ1n) is 5.27. The molecule has 1 heterocycles. The second-order valence-electron chi connectivity index (χ2n) is 4.04. The minimum atomic E-state index is -0.289. The molecular weight excluding hydrogens is 305 g/mol.